The van der Waals surface area contributed by atoms with Crippen molar-refractivity contribution in [2.75, 3.05) is 0 Å². The Hall–Kier alpha value is -0.610. The first-order valence-corrected chi connectivity index (χ1v) is 7.02. The van der Waals surface area contributed by atoms with E-state index in [4.69, 9.17) is 23.2 Å². The van der Waals surface area contributed by atoms with Gasteiger partial charge < -0.3 is 5.11 Å². The molecule has 0 aliphatic rings. The molecular formula is C14H10BrCl2FO. The summed E-state index contributed by atoms with van der Waals surface area (Å²) >= 11 is 15.0. The average molecular weight is 364 g/mol. The van der Waals surface area contributed by atoms with Crippen molar-refractivity contribution in [3.63, 3.8) is 0 Å². The zero-order valence-electron chi connectivity index (χ0n) is 9.92. The van der Waals surface area contributed by atoms with E-state index in [-0.39, 0.29) is 10.6 Å². The zero-order valence-corrected chi connectivity index (χ0v) is 13.0. The van der Waals surface area contributed by atoms with Gasteiger partial charge in [-0.15, -0.1) is 0 Å². The van der Waals surface area contributed by atoms with Crippen molar-refractivity contribution in [2.24, 2.45) is 0 Å². The molecule has 1 atom stereocenters. The highest BCUT2D eigenvalue weighted by molar-refractivity contribution is 9.10. The molecule has 0 aliphatic carbocycles. The molecule has 0 saturated carbocycles. The molecule has 0 fully saturated rings. The Labute approximate surface area is 129 Å². The average Bonchev–Trinajstić information content (AvgIpc) is 2.36. The van der Waals surface area contributed by atoms with Crippen molar-refractivity contribution in [1.29, 1.82) is 0 Å². The van der Waals surface area contributed by atoms with Crippen molar-refractivity contribution in [1.82, 2.24) is 0 Å². The third kappa shape index (κ3) is 2.65. The van der Waals surface area contributed by atoms with Crippen molar-refractivity contribution in [3.8, 4) is 0 Å². The van der Waals surface area contributed by atoms with E-state index >= 15 is 0 Å². The fraction of sp³-hybridized carbons (Fsp3) is 0.143. The van der Waals surface area contributed by atoms with Gasteiger partial charge in [-0.05, 0) is 35.0 Å². The van der Waals surface area contributed by atoms with Gasteiger partial charge in [0.25, 0.3) is 0 Å². The summed E-state index contributed by atoms with van der Waals surface area (Å²) in [7, 11) is 0. The van der Waals surface area contributed by atoms with Gasteiger partial charge in [-0.2, -0.15) is 0 Å². The van der Waals surface area contributed by atoms with Crippen molar-refractivity contribution in [2.45, 2.75) is 12.5 Å². The zero-order chi connectivity index (χ0) is 14.2. The molecule has 0 aliphatic heterocycles. The maximum Gasteiger partial charge on any atom is 0.149 e. The Balaban J connectivity index is 2.64. The van der Waals surface area contributed by atoms with Gasteiger partial charge in [-0.1, -0.05) is 47.5 Å². The van der Waals surface area contributed by atoms with Crippen LogP contribution in [0.4, 0.5) is 4.39 Å². The quantitative estimate of drug-likeness (QED) is 0.731. The molecule has 0 spiro atoms. The molecule has 2 aromatic carbocycles. The van der Waals surface area contributed by atoms with E-state index in [1.54, 1.807) is 30.3 Å². The van der Waals surface area contributed by atoms with Gasteiger partial charge in [0.2, 0.25) is 0 Å². The van der Waals surface area contributed by atoms with E-state index in [9.17, 15) is 9.50 Å². The van der Waals surface area contributed by atoms with Crippen LogP contribution in [0.5, 0.6) is 0 Å². The van der Waals surface area contributed by atoms with Crippen molar-refractivity contribution >= 4 is 39.1 Å². The molecule has 0 saturated heterocycles. The SMILES string of the molecule is CC(O)(c1ccccc1Cl)c1ccc(Br)c(Cl)c1F. The number of halogens is 4. The maximum atomic E-state index is 14.2. The minimum Gasteiger partial charge on any atom is -0.381 e. The summed E-state index contributed by atoms with van der Waals surface area (Å²) in [6.45, 7) is 1.48. The molecule has 1 nitrogen and oxygen atoms in total. The first kappa shape index (κ1) is 14.8. The summed E-state index contributed by atoms with van der Waals surface area (Å²) in [4.78, 5) is 0. The van der Waals surface area contributed by atoms with Gasteiger partial charge >= 0.3 is 0 Å². The Morgan fingerprint density at radius 3 is 2.37 bits per heavy atom. The largest absolute Gasteiger partial charge is 0.381 e. The predicted molar refractivity (Wildman–Crippen MR) is 79.2 cm³/mol. The standard InChI is InChI=1S/C14H10BrCl2FO/c1-14(19,8-4-2-3-5-11(8)16)9-6-7-10(15)12(17)13(9)18/h2-7,19H,1H3. The lowest BCUT2D eigenvalue weighted by atomic mass is 9.88. The van der Waals surface area contributed by atoms with Crippen molar-refractivity contribution < 1.29 is 9.50 Å². The normalized spacial score (nSPS) is 14.2. The van der Waals surface area contributed by atoms with Gasteiger partial charge in [0.05, 0.1) is 5.02 Å². The van der Waals surface area contributed by atoms with Gasteiger partial charge in [0, 0.05) is 20.6 Å². The first-order chi connectivity index (χ1) is 8.85. The third-order valence-electron chi connectivity index (χ3n) is 2.96. The van der Waals surface area contributed by atoms with Crippen LogP contribution in [0.1, 0.15) is 18.1 Å². The monoisotopic (exact) mass is 362 g/mol. The summed E-state index contributed by atoms with van der Waals surface area (Å²) in [5.41, 5.74) is -1.06. The lowest BCUT2D eigenvalue weighted by molar-refractivity contribution is 0.0980. The molecule has 1 N–H and O–H groups in total. The molecule has 2 aromatic rings. The number of benzene rings is 2. The molecular weight excluding hydrogens is 354 g/mol. The Kier molecular flexibility index (Phi) is 4.21. The molecule has 2 rings (SSSR count). The fourth-order valence-electron chi connectivity index (χ4n) is 1.90. The van der Waals surface area contributed by atoms with Crippen LogP contribution in [0, 0.1) is 5.82 Å². The minimum absolute atomic E-state index is 0.0650. The van der Waals surface area contributed by atoms with Crippen LogP contribution in [0.2, 0.25) is 10.0 Å². The second kappa shape index (κ2) is 5.41. The molecule has 0 bridgehead atoms. The van der Waals surface area contributed by atoms with Gasteiger partial charge in [0.15, 0.2) is 0 Å². The molecule has 100 valence electrons. The lowest BCUT2D eigenvalue weighted by Crippen LogP contribution is -2.25. The molecule has 0 amide bonds. The van der Waals surface area contributed by atoms with E-state index in [1.807, 2.05) is 0 Å². The summed E-state index contributed by atoms with van der Waals surface area (Å²) in [6.07, 6.45) is 0. The van der Waals surface area contributed by atoms with E-state index < -0.39 is 11.4 Å². The van der Waals surface area contributed by atoms with E-state index in [0.717, 1.165) is 0 Å². The van der Waals surface area contributed by atoms with E-state index in [0.29, 0.717) is 15.1 Å². The Bertz CT molecular complexity index is 629. The van der Waals surface area contributed by atoms with E-state index in [1.165, 1.54) is 13.0 Å². The predicted octanol–water partition coefficient (Wildman–Crippen LogP) is 5.15. The number of rotatable bonds is 2. The van der Waals surface area contributed by atoms with Crippen LogP contribution < -0.4 is 0 Å². The summed E-state index contributed by atoms with van der Waals surface area (Å²) < 4.78 is 14.6. The highest BCUT2D eigenvalue weighted by Crippen LogP contribution is 2.38. The van der Waals surface area contributed by atoms with Gasteiger partial charge in [-0.3, -0.25) is 0 Å². The molecule has 0 heterocycles. The van der Waals surface area contributed by atoms with Crippen LogP contribution in [-0.2, 0) is 5.60 Å². The smallest absolute Gasteiger partial charge is 0.149 e. The van der Waals surface area contributed by atoms with Crippen LogP contribution in [0.15, 0.2) is 40.9 Å². The number of hydrogen-bond donors (Lipinski definition) is 1. The van der Waals surface area contributed by atoms with Crippen LogP contribution in [-0.4, -0.2) is 5.11 Å². The summed E-state index contributed by atoms with van der Waals surface area (Å²) in [5.74, 6) is -0.666. The maximum absolute atomic E-state index is 14.2. The molecule has 1 unspecified atom stereocenters. The topological polar surface area (TPSA) is 20.2 Å². The molecule has 0 radical (unpaired) electrons. The van der Waals surface area contributed by atoms with Crippen LogP contribution in [0.3, 0.4) is 0 Å². The number of aliphatic hydroxyl groups is 1. The number of hydrogen-bond acceptors (Lipinski definition) is 1. The van der Waals surface area contributed by atoms with Crippen LogP contribution >= 0.6 is 39.1 Å². The lowest BCUT2D eigenvalue weighted by Gasteiger charge is -2.26. The molecule has 5 heteroatoms. The van der Waals surface area contributed by atoms with Crippen LogP contribution in [0.25, 0.3) is 0 Å². The van der Waals surface area contributed by atoms with Gasteiger partial charge in [0.1, 0.15) is 11.4 Å². The summed E-state index contributed by atoms with van der Waals surface area (Å²) in [6, 6.07) is 9.84. The second-order valence-electron chi connectivity index (χ2n) is 4.27. The Morgan fingerprint density at radius 2 is 1.74 bits per heavy atom. The first-order valence-electron chi connectivity index (χ1n) is 5.47. The highest BCUT2D eigenvalue weighted by Gasteiger charge is 2.32. The fourth-order valence-corrected chi connectivity index (χ4v) is 2.69. The van der Waals surface area contributed by atoms with Gasteiger partial charge in [-0.25, -0.2) is 4.39 Å². The minimum atomic E-state index is -1.56. The van der Waals surface area contributed by atoms with E-state index in [2.05, 4.69) is 15.9 Å². The molecule has 0 aromatic heterocycles. The highest BCUT2D eigenvalue weighted by atomic mass is 79.9. The Morgan fingerprint density at radius 1 is 1.11 bits per heavy atom. The third-order valence-corrected chi connectivity index (χ3v) is 4.55. The second-order valence-corrected chi connectivity index (χ2v) is 5.91. The van der Waals surface area contributed by atoms with Crippen molar-refractivity contribution in [3.05, 3.63) is 67.9 Å². The summed E-state index contributed by atoms with van der Waals surface area (Å²) in [5, 5.41) is 10.9. The molecule has 19 heavy (non-hydrogen) atoms.